The number of nitrogens with two attached hydrogens (primary N) is 1. The molecule has 0 unspecified atom stereocenters. The summed E-state index contributed by atoms with van der Waals surface area (Å²) < 4.78 is 13.2. The third-order valence-electron chi connectivity index (χ3n) is 8.06. The monoisotopic (exact) mass is 516 g/mol. The van der Waals surface area contributed by atoms with Gasteiger partial charge in [-0.2, -0.15) is 5.10 Å². The summed E-state index contributed by atoms with van der Waals surface area (Å²) in [4.78, 5) is 31.1. The van der Waals surface area contributed by atoms with Crippen LogP contribution in [-0.2, 0) is 4.74 Å². The highest BCUT2D eigenvalue weighted by molar-refractivity contribution is 5.95. The van der Waals surface area contributed by atoms with Gasteiger partial charge in [-0.1, -0.05) is 0 Å². The van der Waals surface area contributed by atoms with E-state index in [1.807, 2.05) is 23.7 Å². The number of carbonyl (C=O) groups is 2. The Hall–Kier alpha value is -3.92. The van der Waals surface area contributed by atoms with Gasteiger partial charge in [0.15, 0.2) is 0 Å². The number of aromatic nitrogens is 3. The zero-order chi connectivity index (χ0) is 26.3. The van der Waals surface area contributed by atoms with Gasteiger partial charge < -0.3 is 25.4 Å². The lowest BCUT2D eigenvalue weighted by atomic mass is 9.53. The first-order valence-electron chi connectivity index (χ1n) is 13.1. The fraction of sp³-hybridized carbons (Fsp3) is 0.429. The van der Waals surface area contributed by atoms with Crippen molar-refractivity contribution in [2.45, 2.75) is 44.8 Å². The molecule has 1 aliphatic heterocycles. The zero-order valence-electron chi connectivity index (χ0n) is 21.4. The Balaban J connectivity index is 1.01. The van der Waals surface area contributed by atoms with Crippen molar-refractivity contribution in [3.05, 3.63) is 65.6 Å². The molecule has 1 spiro atoms. The van der Waals surface area contributed by atoms with E-state index in [1.54, 1.807) is 24.5 Å². The molecule has 198 valence electrons. The number of hydrogen-bond donors (Lipinski definition) is 2. The van der Waals surface area contributed by atoms with Crippen molar-refractivity contribution in [1.82, 2.24) is 20.1 Å². The second-order valence-electron chi connectivity index (χ2n) is 10.6. The summed E-state index contributed by atoms with van der Waals surface area (Å²) >= 11 is 0. The maximum Gasteiger partial charge on any atom is 0.254 e. The van der Waals surface area contributed by atoms with Crippen LogP contribution < -0.4 is 20.7 Å². The van der Waals surface area contributed by atoms with E-state index in [1.165, 1.54) is 0 Å². The van der Waals surface area contributed by atoms with Crippen LogP contribution in [0.3, 0.4) is 0 Å². The molecule has 0 bridgehead atoms. The lowest BCUT2D eigenvalue weighted by Gasteiger charge is -2.57. The second kappa shape index (κ2) is 9.75. The molecule has 3 aliphatic rings. The average molecular weight is 517 g/mol. The molecule has 10 nitrogen and oxygen atoms in total. The minimum absolute atomic E-state index is 0.00904. The molecule has 1 saturated heterocycles. The summed E-state index contributed by atoms with van der Waals surface area (Å²) in [6.07, 6.45) is 6.84. The van der Waals surface area contributed by atoms with Crippen LogP contribution in [0, 0.1) is 12.3 Å². The number of ether oxygens (including phenoxy) is 2. The predicted octanol–water partition coefficient (Wildman–Crippen LogP) is 2.63. The molecule has 0 radical (unpaired) electrons. The molecule has 1 aromatic carbocycles. The van der Waals surface area contributed by atoms with E-state index in [0.717, 1.165) is 69.1 Å². The van der Waals surface area contributed by atoms with Crippen LogP contribution in [0.25, 0.3) is 5.69 Å². The molecule has 3 aromatic rings. The quantitative estimate of drug-likeness (QED) is 0.495. The number of carbonyl (C=O) groups excluding carboxylic acids is 2. The number of primary amides is 1. The lowest BCUT2D eigenvalue weighted by molar-refractivity contribution is -0.0848. The van der Waals surface area contributed by atoms with Gasteiger partial charge >= 0.3 is 0 Å². The highest BCUT2D eigenvalue weighted by atomic mass is 16.5. The van der Waals surface area contributed by atoms with E-state index in [2.05, 4.69) is 32.4 Å². The second-order valence-corrected chi connectivity index (χ2v) is 10.6. The standard InChI is InChI=1S/C28H32N6O4/c1-18-24(17-31-34(18)21-6-4-20(5-7-21)33-9-11-37-12-10-33)26(36)32-19-13-28(14-19)15-22(16-28)38-27-23(25(29)35)3-2-8-30-27/h2-8,17,19,22H,9-16H2,1H3,(H2,29,35)(H,32,36)/t19-,22-,28?. The summed E-state index contributed by atoms with van der Waals surface area (Å²) in [7, 11) is 0. The molecule has 6 rings (SSSR count). The SMILES string of the molecule is Cc1c(C(=O)N[C@H]2CC3(C2)C[C@H](Oc2ncccc2C(N)=O)C3)cnn1-c1ccc(N2CCOCC2)cc1. The summed E-state index contributed by atoms with van der Waals surface area (Å²) in [5, 5.41) is 7.67. The molecule has 10 heteroatoms. The summed E-state index contributed by atoms with van der Waals surface area (Å²) in [5.41, 5.74) is 9.40. The molecular formula is C28H32N6O4. The lowest BCUT2D eigenvalue weighted by Crippen LogP contribution is -2.58. The molecule has 3 heterocycles. The van der Waals surface area contributed by atoms with Crippen LogP contribution in [0.15, 0.2) is 48.8 Å². The van der Waals surface area contributed by atoms with Crippen molar-refractivity contribution >= 4 is 17.5 Å². The fourth-order valence-corrected chi connectivity index (χ4v) is 6.02. The predicted molar refractivity (Wildman–Crippen MR) is 141 cm³/mol. The number of rotatable bonds is 7. The van der Waals surface area contributed by atoms with Crippen molar-refractivity contribution in [1.29, 1.82) is 0 Å². The van der Waals surface area contributed by atoms with Gasteiger partial charge in [0.1, 0.15) is 11.7 Å². The molecule has 0 atom stereocenters. The number of anilines is 1. The maximum absolute atomic E-state index is 13.0. The van der Waals surface area contributed by atoms with Crippen molar-refractivity contribution in [2.75, 3.05) is 31.2 Å². The molecule has 3 fully saturated rings. The Labute approximate surface area is 221 Å². The molecule has 38 heavy (non-hydrogen) atoms. The van der Waals surface area contributed by atoms with Crippen LogP contribution in [0.5, 0.6) is 5.88 Å². The van der Waals surface area contributed by atoms with Gasteiger partial charge in [-0.15, -0.1) is 0 Å². The van der Waals surface area contributed by atoms with Gasteiger partial charge in [0.25, 0.3) is 11.8 Å². The third kappa shape index (κ3) is 4.60. The van der Waals surface area contributed by atoms with Gasteiger partial charge in [0, 0.05) is 31.0 Å². The smallest absolute Gasteiger partial charge is 0.254 e. The normalized spacial score (nSPS) is 24.4. The largest absolute Gasteiger partial charge is 0.474 e. The number of nitrogens with zero attached hydrogens (tertiary/aromatic N) is 4. The average Bonchev–Trinajstić information content (AvgIpc) is 3.28. The Morgan fingerprint density at radius 1 is 1.05 bits per heavy atom. The Bertz CT molecular complexity index is 1330. The Morgan fingerprint density at radius 2 is 1.76 bits per heavy atom. The summed E-state index contributed by atoms with van der Waals surface area (Å²) in [5.74, 6) is -0.338. The zero-order valence-corrected chi connectivity index (χ0v) is 21.4. The van der Waals surface area contributed by atoms with Crippen molar-refractivity contribution in [2.24, 2.45) is 11.1 Å². The molecule has 2 saturated carbocycles. The van der Waals surface area contributed by atoms with E-state index in [-0.39, 0.29) is 23.5 Å². The van der Waals surface area contributed by atoms with Gasteiger partial charge in [0.05, 0.1) is 36.4 Å². The maximum atomic E-state index is 13.0. The van der Waals surface area contributed by atoms with Crippen molar-refractivity contribution in [3.63, 3.8) is 0 Å². The van der Waals surface area contributed by atoms with E-state index < -0.39 is 5.91 Å². The number of morpholine rings is 1. The number of amides is 2. The molecule has 2 aliphatic carbocycles. The van der Waals surface area contributed by atoms with E-state index in [4.69, 9.17) is 15.2 Å². The summed E-state index contributed by atoms with van der Waals surface area (Å²) in [6.45, 7) is 5.20. The number of nitrogens with one attached hydrogen (secondary N) is 1. The molecule has 3 N–H and O–H groups in total. The first-order valence-corrected chi connectivity index (χ1v) is 13.1. The van der Waals surface area contributed by atoms with Crippen LogP contribution in [-0.4, -0.2) is 65.0 Å². The van der Waals surface area contributed by atoms with Gasteiger partial charge in [-0.3, -0.25) is 9.59 Å². The van der Waals surface area contributed by atoms with Gasteiger partial charge in [-0.05, 0) is 74.4 Å². The molecule has 2 amide bonds. The fourth-order valence-electron chi connectivity index (χ4n) is 6.02. The minimum atomic E-state index is -0.544. The van der Waals surface area contributed by atoms with E-state index in [0.29, 0.717) is 17.0 Å². The number of pyridine rings is 1. The third-order valence-corrected chi connectivity index (χ3v) is 8.06. The highest BCUT2D eigenvalue weighted by Crippen LogP contribution is 2.56. The number of benzene rings is 1. The first kappa shape index (κ1) is 24.4. The van der Waals surface area contributed by atoms with Crippen molar-refractivity contribution < 1.29 is 19.1 Å². The minimum Gasteiger partial charge on any atom is -0.474 e. The molecular weight excluding hydrogens is 484 g/mol. The van der Waals surface area contributed by atoms with Crippen molar-refractivity contribution in [3.8, 4) is 11.6 Å². The van der Waals surface area contributed by atoms with Crippen LogP contribution in [0.4, 0.5) is 5.69 Å². The Morgan fingerprint density at radius 3 is 2.47 bits per heavy atom. The number of hydrogen-bond acceptors (Lipinski definition) is 7. The van der Waals surface area contributed by atoms with E-state index in [9.17, 15) is 9.59 Å². The van der Waals surface area contributed by atoms with Crippen LogP contribution >= 0.6 is 0 Å². The van der Waals surface area contributed by atoms with E-state index >= 15 is 0 Å². The highest BCUT2D eigenvalue weighted by Gasteiger charge is 2.54. The summed E-state index contributed by atoms with van der Waals surface area (Å²) in [6, 6.07) is 11.7. The van der Waals surface area contributed by atoms with Crippen LogP contribution in [0.2, 0.25) is 0 Å². The first-order chi connectivity index (χ1) is 18.4. The Kier molecular flexibility index (Phi) is 6.27. The topological polar surface area (TPSA) is 125 Å². The van der Waals surface area contributed by atoms with Crippen LogP contribution in [0.1, 0.15) is 52.1 Å². The van der Waals surface area contributed by atoms with Gasteiger partial charge in [-0.25, -0.2) is 9.67 Å². The van der Waals surface area contributed by atoms with Gasteiger partial charge in [0.2, 0.25) is 5.88 Å². The molecule has 2 aromatic heterocycles.